The minimum atomic E-state index is 0.0749. The van der Waals surface area contributed by atoms with E-state index in [1.54, 1.807) is 0 Å². The van der Waals surface area contributed by atoms with Crippen LogP contribution in [0.3, 0.4) is 0 Å². The fourth-order valence-corrected chi connectivity index (χ4v) is 2.14. The molecule has 0 amide bonds. The first-order chi connectivity index (χ1) is 7.74. The summed E-state index contributed by atoms with van der Waals surface area (Å²) < 4.78 is 0. The summed E-state index contributed by atoms with van der Waals surface area (Å²) in [4.78, 5) is 2.13. The van der Waals surface area contributed by atoms with Crippen LogP contribution in [-0.4, -0.2) is 36.2 Å². The summed E-state index contributed by atoms with van der Waals surface area (Å²) in [6.07, 6.45) is 0. The van der Waals surface area contributed by atoms with Crippen LogP contribution in [0.15, 0.2) is 24.3 Å². The van der Waals surface area contributed by atoms with E-state index in [4.69, 9.17) is 22.4 Å². The van der Waals surface area contributed by atoms with Gasteiger partial charge in [0, 0.05) is 24.2 Å². The maximum atomic E-state index is 9.01. The van der Waals surface area contributed by atoms with Crippen LogP contribution in [0, 0.1) is 0 Å². The molecule has 4 heteroatoms. The number of rotatable bonds is 6. The van der Waals surface area contributed by atoms with E-state index in [1.165, 1.54) is 0 Å². The third kappa shape index (κ3) is 3.19. The average molecular weight is 243 g/mol. The summed E-state index contributed by atoms with van der Waals surface area (Å²) in [6, 6.07) is 7.79. The molecule has 0 bridgehead atoms. The van der Waals surface area contributed by atoms with Crippen molar-refractivity contribution in [2.24, 2.45) is 5.73 Å². The fraction of sp³-hybridized carbons (Fsp3) is 0.500. The molecule has 0 aliphatic heterocycles. The Hall–Kier alpha value is -0.610. The van der Waals surface area contributed by atoms with Gasteiger partial charge in [0.2, 0.25) is 0 Å². The van der Waals surface area contributed by atoms with Crippen molar-refractivity contribution in [3.8, 4) is 0 Å². The molecule has 1 aromatic rings. The van der Waals surface area contributed by atoms with Crippen LogP contribution in [0.25, 0.3) is 0 Å². The average Bonchev–Trinajstić information content (AvgIpc) is 2.31. The quantitative estimate of drug-likeness (QED) is 0.798. The van der Waals surface area contributed by atoms with Crippen molar-refractivity contribution in [3.05, 3.63) is 34.9 Å². The van der Waals surface area contributed by atoms with Gasteiger partial charge in [-0.1, -0.05) is 36.7 Å². The molecule has 1 atom stereocenters. The van der Waals surface area contributed by atoms with E-state index >= 15 is 0 Å². The lowest BCUT2D eigenvalue weighted by atomic mass is 10.1. The van der Waals surface area contributed by atoms with E-state index in [2.05, 4.69) is 11.8 Å². The Labute approximate surface area is 102 Å². The van der Waals surface area contributed by atoms with Gasteiger partial charge in [-0.25, -0.2) is 0 Å². The van der Waals surface area contributed by atoms with Crippen LogP contribution < -0.4 is 5.73 Å². The monoisotopic (exact) mass is 242 g/mol. The van der Waals surface area contributed by atoms with E-state index in [0.717, 1.165) is 17.1 Å². The molecule has 0 aliphatic rings. The molecule has 0 heterocycles. The number of halogens is 1. The summed E-state index contributed by atoms with van der Waals surface area (Å²) in [5.41, 5.74) is 6.83. The molecule has 90 valence electrons. The third-order valence-electron chi connectivity index (χ3n) is 2.72. The van der Waals surface area contributed by atoms with Gasteiger partial charge in [0.15, 0.2) is 0 Å². The number of hydrogen-bond acceptors (Lipinski definition) is 3. The molecule has 0 spiro atoms. The molecule has 1 unspecified atom stereocenters. The van der Waals surface area contributed by atoms with Crippen LogP contribution in [-0.2, 0) is 0 Å². The number of nitrogens with two attached hydrogens (primary N) is 1. The molecule has 3 nitrogen and oxygen atoms in total. The van der Waals surface area contributed by atoms with Crippen LogP contribution in [0.2, 0.25) is 5.02 Å². The van der Waals surface area contributed by atoms with Gasteiger partial charge in [0.25, 0.3) is 0 Å². The van der Waals surface area contributed by atoms with Gasteiger partial charge in [0.05, 0.1) is 6.61 Å². The highest BCUT2D eigenvalue weighted by Crippen LogP contribution is 2.26. The number of nitrogens with zero attached hydrogens (tertiary/aromatic N) is 1. The van der Waals surface area contributed by atoms with Crippen LogP contribution >= 0.6 is 11.6 Å². The smallest absolute Gasteiger partial charge is 0.0558 e. The predicted molar refractivity (Wildman–Crippen MR) is 67.6 cm³/mol. The second-order valence-electron chi connectivity index (χ2n) is 3.63. The van der Waals surface area contributed by atoms with E-state index < -0.39 is 0 Å². The molecule has 16 heavy (non-hydrogen) atoms. The van der Waals surface area contributed by atoms with Gasteiger partial charge in [0.1, 0.15) is 0 Å². The zero-order valence-electron chi connectivity index (χ0n) is 9.56. The zero-order valence-corrected chi connectivity index (χ0v) is 10.3. The van der Waals surface area contributed by atoms with Crippen molar-refractivity contribution in [3.63, 3.8) is 0 Å². The molecule has 0 saturated carbocycles. The topological polar surface area (TPSA) is 49.5 Å². The number of aliphatic hydroxyl groups is 1. The molecule has 1 rings (SSSR count). The molecule has 0 aliphatic carbocycles. The SMILES string of the molecule is CCN(CCO)C(CN)c1ccccc1Cl. The van der Waals surface area contributed by atoms with Crippen LogP contribution in [0.5, 0.6) is 0 Å². The number of benzene rings is 1. The molecular weight excluding hydrogens is 224 g/mol. The first kappa shape index (κ1) is 13.5. The van der Waals surface area contributed by atoms with E-state index in [1.807, 2.05) is 24.3 Å². The van der Waals surface area contributed by atoms with E-state index in [0.29, 0.717) is 13.1 Å². The minimum absolute atomic E-state index is 0.0749. The first-order valence-electron chi connectivity index (χ1n) is 5.54. The molecule has 0 aromatic heterocycles. The van der Waals surface area contributed by atoms with Crippen molar-refractivity contribution in [1.29, 1.82) is 0 Å². The number of hydrogen-bond donors (Lipinski definition) is 2. The van der Waals surface area contributed by atoms with E-state index in [9.17, 15) is 0 Å². The van der Waals surface area contributed by atoms with Crippen molar-refractivity contribution in [2.75, 3.05) is 26.2 Å². The molecule has 1 aromatic carbocycles. The van der Waals surface area contributed by atoms with Crippen molar-refractivity contribution < 1.29 is 5.11 Å². The summed E-state index contributed by atoms with van der Waals surface area (Å²) in [7, 11) is 0. The molecule has 0 fully saturated rings. The third-order valence-corrected chi connectivity index (χ3v) is 3.07. The lowest BCUT2D eigenvalue weighted by Crippen LogP contribution is -2.35. The van der Waals surface area contributed by atoms with Gasteiger partial charge >= 0.3 is 0 Å². The van der Waals surface area contributed by atoms with Gasteiger partial charge in [-0.05, 0) is 18.2 Å². The Morgan fingerprint density at radius 3 is 2.62 bits per heavy atom. The highest BCUT2D eigenvalue weighted by molar-refractivity contribution is 6.31. The maximum Gasteiger partial charge on any atom is 0.0558 e. The Morgan fingerprint density at radius 1 is 1.44 bits per heavy atom. The Kier molecular flexibility index (Phi) is 5.77. The summed E-state index contributed by atoms with van der Waals surface area (Å²) in [6.45, 7) is 4.14. The van der Waals surface area contributed by atoms with Crippen LogP contribution in [0.4, 0.5) is 0 Å². The Balaban J connectivity index is 2.92. The number of likely N-dealkylation sites (N-methyl/N-ethyl adjacent to an activating group) is 1. The normalized spacial score (nSPS) is 13.1. The standard InChI is InChI=1S/C12H19ClN2O/c1-2-15(7-8-16)12(9-14)10-5-3-4-6-11(10)13/h3-6,12,16H,2,7-9,14H2,1H3. The largest absolute Gasteiger partial charge is 0.395 e. The summed E-state index contributed by atoms with van der Waals surface area (Å²) in [5, 5.41) is 9.74. The summed E-state index contributed by atoms with van der Waals surface area (Å²) in [5.74, 6) is 0. The molecule has 0 saturated heterocycles. The Bertz CT molecular complexity index is 320. The highest BCUT2D eigenvalue weighted by Gasteiger charge is 2.19. The van der Waals surface area contributed by atoms with Crippen molar-refractivity contribution in [2.45, 2.75) is 13.0 Å². The second-order valence-corrected chi connectivity index (χ2v) is 4.03. The van der Waals surface area contributed by atoms with Gasteiger partial charge in [-0.15, -0.1) is 0 Å². The van der Waals surface area contributed by atoms with Crippen LogP contribution in [0.1, 0.15) is 18.5 Å². The lowest BCUT2D eigenvalue weighted by Gasteiger charge is -2.30. The molecular formula is C12H19ClN2O. The minimum Gasteiger partial charge on any atom is -0.395 e. The highest BCUT2D eigenvalue weighted by atomic mass is 35.5. The fourth-order valence-electron chi connectivity index (χ4n) is 1.88. The number of aliphatic hydroxyl groups excluding tert-OH is 1. The van der Waals surface area contributed by atoms with Crippen molar-refractivity contribution in [1.82, 2.24) is 4.90 Å². The van der Waals surface area contributed by atoms with E-state index in [-0.39, 0.29) is 12.6 Å². The van der Waals surface area contributed by atoms with Gasteiger partial charge in [-0.2, -0.15) is 0 Å². The predicted octanol–water partition coefficient (Wildman–Crippen LogP) is 1.65. The molecule has 3 N–H and O–H groups in total. The maximum absolute atomic E-state index is 9.01. The van der Waals surface area contributed by atoms with Crippen molar-refractivity contribution >= 4 is 11.6 Å². The lowest BCUT2D eigenvalue weighted by molar-refractivity contribution is 0.160. The zero-order chi connectivity index (χ0) is 12.0. The molecule has 0 radical (unpaired) electrons. The Morgan fingerprint density at radius 2 is 2.12 bits per heavy atom. The second kappa shape index (κ2) is 6.86. The van der Waals surface area contributed by atoms with Gasteiger partial charge in [-0.3, -0.25) is 4.90 Å². The first-order valence-corrected chi connectivity index (χ1v) is 5.91. The van der Waals surface area contributed by atoms with Gasteiger partial charge < -0.3 is 10.8 Å². The summed E-state index contributed by atoms with van der Waals surface area (Å²) >= 11 is 6.15.